The first-order valence-electron chi connectivity index (χ1n) is 8.03. The summed E-state index contributed by atoms with van der Waals surface area (Å²) in [5, 5.41) is 25.4. The average Bonchev–Trinajstić information content (AvgIpc) is 3.31. The third-order valence-corrected chi connectivity index (χ3v) is 5.68. The fraction of sp³-hybridized carbons (Fsp3) is 0.235. The maximum absolute atomic E-state index is 12.3. The Bertz CT molecular complexity index is 1030. The number of fused-ring (bicyclic) bond motifs is 1. The van der Waals surface area contributed by atoms with Gasteiger partial charge in [0.2, 0.25) is 11.7 Å². The fourth-order valence-corrected chi connectivity index (χ4v) is 4.44. The number of nitriles is 1. The standard InChI is InChI=1S/C17H13ClN6OS/c18-13-6-2-1-4-11(13)16-21-23-24(22-16)9-15(25)20-17-12(8-19)10-5-3-7-14(10)26-17/h1-2,4,6H,3,5,7,9H2,(H,20,25). The summed E-state index contributed by atoms with van der Waals surface area (Å²) >= 11 is 7.60. The van der Waals surface area contributed by atoms with Crippen molar-refractivity contribution in [3.63, 3.8) is 0 Å². The van der Waals surface area contributed by atoms with Crippen LogP contribution in [0, 0.1) is 11.3 Å². The lowest BCUT2D eigenvalue weighted by Crippen LogP contribution is -2.20. The molecule has 3 aromatic rings. The van der Waals surface area contributed by atoms with Crippen molar-refractivity contribution in [2.24, 2.45) is 0 Å². The molecule has 0 radical (unpaired) electrons. The molecule has 0 saturated heterocycles. The van der Waals surface area contributed by atoms with Gasteiger partial charge in [-0.15, -0.1) is 21.5 Å². The molecule has 2 aromatic heterocycles. The highest BCUT2D eigenvalue weighted by Gasteiger charge is 2.23. The molecule has 4 rings (SSSR count). The Labute approximate surface area is 158 Å². The number of aromatic nitrogens is 4. The number of carbonyl (C=O) groups excluding carboxylic acids is 1. The molecule has 1 N–H and O–H groups in total. The molecule has 0 fully saturated rings. The number of thiophene rings is 1. The number of hydrogen-bond donors (Lipinski definition) is 1. The lowest BCUT2D eigenvalue weighted by molar-refractivity contribution is -0.117. The summed E-state index contributed by atoms with van der Waals surface area (Å²) < 4.78 is 0. The van der Waals surface area contributed by atoms with Crippen molar-refractivity contribution in [1.29, 1.82) is 5.26 Å². The lowest BCUT2D eigenvalue weighted by Gasteiger charge is -2.03. The molecule has 1 amide bonds. The zero-order valence-corrected chi connectivity index (χ0v) is 15.1. The van der Waals surface area contributed by atoms with Crippen LogP contribution in [0.4, 0.5) is 5.00 Å². The number of nitrogens with one attached hydrogen (secondary N) is 1. The van der Waals surface area contributed by atoms with Crippen LogP contribution in [0.15, 0.2) is 24.3 Å². The van der Waals surface area contributed by atoms with Gasteiger partial charge in [0, 0.05) is 10.4 Å². The van der Waals surface area contributed by atoms with E-state index >= 15 is 0 Å². The van der Waals surface area contributed by atoms with E-state index in [0.717, 1.165) is 24.8 Å². The normalized spacial score (nSPS) is 12.6. The van der Waals surface area contributed by atoms with Crippen molar-refractivity contribution >= 4 is 33.8 Å². The summed E-state index contributed by atoms with van der Waals surface area (Å²) in [5.74, 6) is 0.0562. The van der Waals surface area contributed by atoms with Crippen LogP contribution in [-0.4, -0.2) is 26.1 Å². The molecule has 1 aliphatic carbocycles. The number of tetrazole rings is 1. The summed E-state index contributed by atoms with van der Waals surface area (Å²) in [7, 11) is 0. The zero-order valence-electron chi connectivity index (χ0n) is 13.6. The van der Waals surface area contributed by atoms with E-state index < -0.39 is 0 Å². The van der Waals surface area contributed by atoms with Gasteiger partial charge in [-0.1, -0.05) is 23.7 Å². The van der Waals surface area contributed by atoms with E-state index in [1.165, 1.54) is 21.0 Å². The Kier molecular flexibility index (Phi) is 4.41. The first kappa shape index (κ1) is 16.7. The molecular formula is C17H13ClN6OS. The lowest BCUT2D eigenvalue weighted by atomic mass is 10.1. The Morgan fingerprint density at radius 2 is 2.23 bits per heavy atom. The molecule has 1 aromatic carbocycles. The first-order chi connectivity index (χ1) is 12.7. The van der Waals surface area contributed by atoms with E-state index in [0.29, 0.717) is 27.0 Å². The SMILES string of the molecule is N#Cc1c(NC(=O)Cn2nnc(-c3ccccc3Cl)n2)sc2c1CCC2. The van der Waals surface area contributed by atoms with Gasteiger partial charge in [-0.3, -0.25) is 4.79 Å². The first-order valence-corrected chi connectivity index (χ1v) is 9.22. The average molecular weight is 385 g/mol. The van der Waals surface area contributed by atoms with E-state index in [9.17, 15) is 10.1 Å². The van der Waals surface area contributed by atoms with Gasteiger partial charge in [-0.05, 0) is 42.2 Å². The number of rotatable bonds is 4. The van der Waals surface area contributed by atoms with Crippen molar-refractivity contribution in [3.8, 4) is 17.5 Å². The summed E-state index contributed by atoms with van der Waals surface area (Å²) in [6, 6.07) is 9.38. The molecule has 0 aliphatic heterocycles. The van der Waals surface area contributed by atoms with Gasteiger partial charge in [0.25, 0.3) is 0 Å². The third-order valence-electron chi connectivity index (χ3n) is 4.14. The summed E-state index contributed by atoms with van der Waals surface area (Å²) in [6.07, 6.45) is 2.94. The van der Waals surface area contributed by atoms with Gasteiger partial charge in [0.05, 0.1) is 10.6 Å². The van der Waals surface area contributed by atoms with Gasteiger partial charge < -0.3 is 5.32 Å². The molecule has 26 heavy (non-hydrogen) atoms. The molecule has 2 heterocycles. The number of hydrogen-bond acceptors (Lipinski definition) is 6. The van der Waals surface area contributed by atoms with Gasteiger partial charge in [0.1, 0.15) is 17.6 Å². The minimum absolute atomic E-state index is 0.0924. The van der Waals surface area contributed by atoms with Crippen molar-refractivity contribution < 1.29 is 4.79 Å². The van der Waals surface area contributed by atoms with Crippen LogP contribution in [0.3, 0.4) is 0 Å². The molecule has 130 valence electrons. The highest BCUT2D eigenvalue weighted by molar-refractivity contribution is 7.16. The van der Waals surface area contributed by atoms with Crippen LogP contribution < -0.4 is 5.32 Å². The predicted octanol–water partition coefficient (Wildman–Crippen LogP) is 3.05. The maximum Gasteiger partial charge on any atom is 0.248 e. The summed E-state index contributed by atoms with van der Waals surface area (Å²) in [6.45, 7) is -0.0924. The minimum atomic E-state index is -0.301. The third kappa shape index (κ3) is 3.07. The predicted molar refractivity (Wildman–Crippen MR) is 98.0 cm³/mol. The van der Waals surface area contributed by atoms with E-state index in [2.05, 4.69) is 26.8 Å². The highest BCUT2D eigenvalue weighted by Crippen LogP contribution is 2.38. The Hall–Kier alpha value is -2.76. The van der Waals surface area contributed by atoms with Crippen molar-refractivity contribution in [3.05, 3.63) is 45.3 Å². The molecule has 0 unspecified atom stereocenters. The maximum atomic E-state index is 12.3. The van der Waals surface area contributed by atoms with Crippen molar-refractivity contribution in [1.82, 2.24) is 20.2 Å². The van der Waals surface area contributed by atoms with Crippen LogP contribution in [0.5, 0.6) is 0 Å². The Morgan fingerprint density at radius 1 is 1.38 bits per heavy atom. The number of anilines is 1. The molecule has 0 spiro atoms. The van der Waals surface area contributed by atoms with Gasteiger partial charge >= 0.3 is 0 Å². The summed E-state index contributed by atoms with van der Waals surface area (Å²) in [4.78, 5) is 14.7. The van der Waals surface area contributed by atoms with Crippen LogP contribution in [0.2, 0.25) is 5.02 Å². The Morgan fingerprint density at radius 3 is 3.04 bits per heavy atom. The Balaban J connectivity index is 1.48. The summed E-state index contributed by atoms with van der Waals surface area (Å²) in [5.41, 5.74) is 2.31. The molecule has 0 saturated carbocycles. The number of amides is 1. The van der Waals surface area contributed by atoms with Crippen LogP contribution in [0.1, 0.15) is 22.4 Å². The quantitative estimate of drug-likeness (QED) is 0.745. The highest BCUT2D eigenvalue weighted by atomic mass is 35.5. The van der Waals surface area contributed by atoms with Crippen molar-refractivity contribution in [2.75, 3.05) is 5.32 Å². The fourth-order valence-electron chi connectivity index (χ4n) is 2.97. The molecule has 0 atom stereocenters. The molecule has 9 heteroatoms. The van der Waals surface area contributed by atoms with Crippen molar-refractivity contribution in [2.45, 2.75) is 25.8 Å². The zero-order chi connectivity index (χ0) is 18.1. The van der Waals surface area contributed by atoms with Gasteiger partial charge in [-0.2, -0.15) is 10.1 Å². The van der Waals surface area contributed by atoms with E-state index in [1.54, 1.807) is 12.1 Å². The molecular weight excluding hydrogens is 372 g/mol. The van der Waals surface area contributed by atoms with E-state index in [-0.39, 0.29) is 12.5 Å². The topological polar surface area (TPSA) is 96.5 Å². The van der Waals surface area contributed by atoms with Crippen LogP contribution in [-0.2, 0) is 24.2 Å². The number of benzene rings is 1. The number of carbonyl (C=O) groups is 1. The number of nitrogens with zero attached hydrogens (tertiary/aromatic N) is 5. The smallest absolute Gasteiger partial charge is 0.248 e. The molecule has 0 bridgehead atoms. The van der Waals surface area contributed by atoms with Gasteiger partial charge in [0.15, 0.2) is 0 Å². The second-order valence-corrected chi connectivity index (χ2v) is 7.36. The number of halogens is 1. The van der Waals surface area contributed by atoms with E-state index in [1.807, 2.05) is 12.1 Å². The minimum Gasteiger partial charge on any atom is -0.315 e. The van der Waals surface area contributed by atoms with Crippen LogP contribution in [0.25, 0.3) is 11.4 Å². The van der Waals surface area contributed by atoms with Crippen LogP contribution >= 0.6 is 22.9 Å². The van der Waals surface area contributed by atoms with E-state index in [4.69, 9.17) is 11.6 Å². The molecule has 7 nitrogen and oxygen atoms in total. The van der Waals surface area contributed by atoms with Gasteiger partial charge in [-0.25, -0.2) is 0 Å². The molecule has 1 aliphatic rings. The second kappa shape index (κ2) is 6.86. The largest absolute Gasteiger partial charge is 0.315 e. The second-order valence-electron chi connectivity index (χ2n) is 5.84. The monoisotopic (exact) mass is 384 g/mol. The number of aryl methyl sites for hydroxylation is 1.